The molecule has 2 aliphatic rings. The summed E-state index contributed by atoms with van der Waals surface area (Å²) in [5.41, 5.74) is 0.830. The van der Waals surface area contributed by atoms with Crippen LogP contribution in [0.15, 0.2) is 24.3 Å². The van der Waals surface area contributed by atoms with E-state index in [2.05, 4.69) is 10.2 Å². The van der Waals surface area contributed by atoms with E-state index in [4.69, 9.17) is 9.47 Å². The molecule has 1 aromatic carbocycles. The third-order valence-electron chi connectivity index (χ3n) is 4.65. The Morgan fingerprint density at radius 2 is 2.08 bits per heavy atom. The van der Waals surface area contributed by atoms with E-state index in [9.17, 15) is 9.59 Å². The summed E-state index contributed by atoms with van der Waals surface area (Å²) >= 11 is 0. The van der Waals surface area contributed by atoms with Crippen LogP contribution in [0.3, 0.4) is 0 Å². The van der Waals surface area contributed by atoms with Crippen molar-refractivity contribution in [3.63, 3.8) is 0 Å². The molecule has 0 spiro atoms. The van der Waals surface area contributed by atoms with E-state index >= 15 is 0 Å². The first-order chi connectivity index (χ1) is 12.7. The van der Waals surface area contributed by atoms with Gasteiger partial charge in [0, 0.05) is 44.4 Å². The van der Waals surface area contributed by atoms with Gasteiger partial charge in [-0.2, -0.15) is 0 Å². The smallest absolute Gasteiger partial charge is 0.257 e. The minimum absolute atomic E-state index is 0.0189. The van der Waals surface area contributed by atoms with Crippen LogP contribution in [0.1, 0.15) is 19.3 Å². The predicted octanol–water partition coefficient (Wildman–Crippen LogP) is 1.03. The zero-order valence-corrected chi connectivity index (χ0v) is 15.1. The highest BCUT2D eigenvalue weighted by atomic mass is 16.5. The molecule has 2 amide bonds. The first-order valence-corrected chi connectivity index (χ1v) is 9.32. The molecule has 0 saturated carbocycles. The highest BCUT2D eigenvalue weighted by Crippen LogP contribution is 2.25. The molecule has 1 N–H and O–H groups in total. The lowest BCUT2D eigenvalue weighted by Gasteiger charge is -2.26. The maximum Gasteiger partial charge on any atom is 0.257 e. The first-order valence-electron chi connectivity index (χ1n) is 9.32. The minimum atomic E-state index is -0.130. The number of morpholine rings is 1. The predicted molar refractivity (Wildman–Crippen MR) is 98.4 cm³/mol. The van der Waals surface area contributed by atoms with Crippen LogP contribution < -0.4 is 15.0 Å². The molecule has 0 bridgehead atoms. The minimum Gasteiger partial charge on any atom is -0.484 e. The standard InChI is InChI=1S/C19H27N3O4/c23-18(20-7-3-8-21-10-12-25-13-11-21)15-26-17-5-1-4-16(14-17)22-9-2-6-19(22)24/h1,4-5,14H,2-3,6-13,15H2,(H,20,23). The zero-order chi connectivity index (χ0) is 18.2. The molecule has 2 aliphatic heterocycles. The fourth-order valence-corrected chi connectivity index (χ4v) is 3.22. The summed E-state index contributed by atoms with van der Waals surface area (Å²) in [4.78, 5) is 27.9. The Bertz CT molecular complexity index is 617. The number of carbonyl (C=O) groups is 2. The number of nitrogens with one attached hydrogen (secondary N) is 1. The highest BCUT2D eigenvalue weighted by molar-refractivity contribution is 5.95. The average Bonchev–Trinajstić information content (AvgIpc) is 3.11. The van der Waals surface area contributed by atoms with E-state index in [0.29, 0.717) is 18.7 Å². The Balaban J connectivity index is 1.35. The fraction of sp³-hybridized carbons (Fsp3) is 0.579. The van der Waals surface area contributed by atoms with Crippen molar-refractivity contribution < 1.29 is 19.1 Å². The van der Waals surface area contributed by atoms with Crippen LogP contribution in [0, 0.1) is 0 Å². The molecule has 0 aliphatic carbocycles. The number of ether oxygens (including phenoxy) is 2. The van der Waals surface area contributed by atoms with Gasteiger partial charge in [0.05, 0.1) is 13.2 Å². The maximum absolute atomic E-state index is 11.9. The van der Waals surface area contributed by atoms with Crippen molar-refractivity contribution in [2.24, 2.45) is 0 Å². The van der Waals surface area contributed by atoms with Crippen molar-refractivity contribution in [2.45, 2.75) is 19.3 Å². The second-order valence-electron chi connectivity index (χ2n) is 6.59. The van der Waals surface area contributed by atoms with Crippen molar-refractivity contribution in [3.8, 4) is 5.75 Å². The molecule has 26 heavy (non-hydrogen) atoms. The summed E-state index contributed by atoms with van der Waals surface area (Å²) in [5, 5.41) is 2.88. The third-order valence-corrected chi connectivity index (χ3v) is 4.65. The summed E-state index contributed by atoms with van der Waals surface area (Å²) in [5.74, 6) is 0.612. The lowest BCUT2D eigenvalue weighted by molar-refractivity contribution is -0.123. The van der Waals surface area contributed by atoms with E-state index in [-0.39, 0.29) is 18.4 Å². The van der Waals surface area contributed by atoms with Crippen molar-refractivity contribution >= 4 is 17.5 Å². The second-order valence-corrected chi connectivity index (χ2v) is 6.59. The molecule has 2 heterocycles. The summed E-state index contributed by atoms with van der Waals surface area (Å²) in [6.45, 7) is 5.85. The Labute approximate surface area is 154 Å². The van der Waals surface area contributed by atoms with Crippen molar-refractivity contribution in [1.82, 2.24) is 10.2 Å². The van der Waals surface area contributed by atoms with Crippen LogP contribution in [0.2, 0.25) is 0 Å². The van der Waals surface area contributed by atoms with Gasteiger partial charge >= 0.3 is 0 Å². The van der Waals surface area contributed by atoms with Crippen molar-refractivity contribution in [2.75, 3.05) is 57.4 Å². The molecule has 142 valence electrons. The summed E-state index contributed by atoms with van der Waals surface area (Å²) < 4.78 is 10.9. The topological polar surface area (TPSA) is 71.1 Å². The van der Waals surface area contributed by atoms with Gasteiger partial charge in [0.15, 0.2) is 6.61 Å². The lowest BCUT2D eigenvalue weighted by Crippen LogP contribution is -2.38. The number of hydrogen-bond acceptors (Lipinski definition) is 5. The quantitative estimate of drug-likeness (QED) is 0.701. The maximum atomic E-state index is 11.9. The Morgan fingerprint density at radius 3 is 2.85 bits per heavy atom. The molecular weight excluding hydrogens is 334 g/mol. The van der Waals surface area contributed by atoms with E-state index in [1.165, 1.54) is 0 Å². The SMILES string of the molecule is O=C(COc1cccc(N2CCCC2=O)c1)NCCCN1CCOCC1. The zero-order valence-electron chi connectivity index (χ0n) is 15.1. The van der Waals surface area contributed by atoms with E-state index in [1.807, 2.05) is 18.2 Å². The number of rotatable bonds is 8. The van der Waals surface area contributed by atoms with Gasteiger partial charge in [0.25, 0.3) is 5.91 Å². The number of nitrogens with zero attached hydrogens (tertiary/aromatic N) is 2. The van der Waals surface area contributed by atoms with Crippen molar-refractivity contribution in [1.29, 1.82) is 0 Å². The molecule has 3 rings (SSSR count). The second kappa shape index (κ2) is 9.54. The molecule has 0 radical (unpaired) electrons. The van der Waals surface area contributed by atoms with Gasteiger partial charge < -0.3 is 19.7 Å². The van der Waals surface area contributed by atoms with Gasteiger partial charge in [-0.3, -0.25) is 14.5 Å². The van der Waals surface area contributed by atoms with Gasteiger partial charge in [0.1, 0.15) is 5.75 Å². The lowest BCUT2D eigenvalue weighted by atomic mass is 10.3. The van der Waals surface area contributed by atoms with Gasteiger partial charge in [0.2, 0.25) is 5.91 Å². The van der Waals surface area contributed by atoms with Crippen LogP contribution in [0.5, 0.6) is 5.75 Å². The molecule has 2 fully saturated rings. The third kappa shape index (κ3) is 5.44. The Morgan fingerprint density at radius 1 is 1.23 bits per heavy atom. The average molecular weight is 361 g/mol. The Kier molecular flexibility index (Phi) is 6.85. The molecule has 0 atom stereocenters. The van der Waals surface area contributed by atoms with Crippen LogP contribution in [-0.2, 0) is 14.3 Å². The number of hydrogen-bond donors (Lipinski definition) is 1. The largest absolute Gasteiger partial charge is 0.484 e. The van der Waals surface area contributed by atoms with Crippen molar-refractivity contribution in [3.05, 3.63) is 24.3 Å². The van der Waals surface area contributed by atoms with Crippen LogP contribution in [0.25, 0.3) is 0 Å². The summed E-state index contributed by atoms with van der Waals surface area (Å²) in [6, 6.07) is 7.35. The monoisotopic (exact) mass is 361 g/mol. The van der Waals surface area contributed by atoms with Gasteiger partial charge in [-0.25, -0.2) is 0 Å². The fourth-order valence-electron chi connectivity index (χ4n) is 3.22. The number of carbonyl (C=O) groups excluding carboxylic acids is 2. The van der Waals surface area contributed by atoms with Gasteiger partial charge in [-0.1, -0.05) is 6.07 Å². The van der Waals surface area contributed by atoms with Gasteiger partial charge in [-0.15, -0.1) is 0 Å². The number of amides is 2. The molecule has 7 nitrogen and oxygen atoms in total. The first kappa shape index (κ1) is 18.7. The van der Waals surface area contributed by atoms with Crippen LogP contribution >= 0.6 is 0 Å². The normalized spacial score (nSPS) is 18.2. The van der Waals surface area contributed by atoms with Crippen LogP contribution in [0.4, 0.5) is 5.69 Å². The van der Waals surface area contributed by atoms with Gasteiger partial charge in [-0.05, 0) is 31.5 Å². The summed E-state index contributed by atoms with van der Waals surface area (Å²) in [7, 11) is 0. The number of anilines is 1. The highest BCUT2D eigenvalue weighted by Gasteiger charge is 2.21. The molecule has 7 heteroatoms. The van der Waals surface area contributed by atoms with E-state index < -0.39 is 0 Å². The molecule has 1 aromatic rings. The molecular formula is C19H27N3O4. The molecule has 0 aromatic heterocycles. The summed E-state index contributed by atoms with van der Waals surface area (Å²) in [6.07, 6.45) is 2.40. The van der Waals surface area contributed by atoms with Crippen LogP contribution in [-0.4, -0.2) is 69.3 Å². The Hall–Kier alpha value is -2.12. The van der Waals surface area contributed by atoms with E-state index in [0.717, 1.165) is 57.9 Å². The molecule has 0 unspecified atom stereocenters. The molecule has 2 saturated heterocycles. The van der Waals surface area contributed by atoms with E-state index in [1.54, 1.807) is 11.0 Å². The number of benzene rings is 1.